The molecule has 0 rings (SSSR count). The molecule has 296 valence electrons. The zero-order valence-electron chi connectivity index (χ0n) is 31.8. The first-order valence-corrected chi connectivity index (χ1v) is 21.6. The minimum absolute atomic E-state index is 0.169. The number of hydrogen-bond acceptors (Lipinski definition) is 9. The molecule has 0 aliphatic heterocycles. The smallest absolute Gasteiger partial charge is 0.472 e. The van der Waals surface area contributed by atoms with E-state index >= 15 is 0 Å². The molecule has 12 heteroatoms. The summed E-state index contributed by atoms with van der Waals surface area (Å²) < 4.78 is 32.5. The summed E-state index contributed by atoms with van der Waals surface area (Å²) in [6.07, 6.45) is 30.4. The lowest BCUT2D eigenvalue weighted by Crippen LogP contribution is -2.34. The molecule has 0 amide bonds. The third-order valence-corrected chi connectivity index (χ3v) is 9.81. The van der Waals surface area contributed by atoms with E-state index < -0.39 is 51.1 Å². The van der Waals surface area contributed by atoms with Gasteiger partial charge in [0.1, 0.15) is 12.6 Å². The largest absolute Gasteiger partial charge is 0.480 e. The number of carboxylic acid groups (broad SMARTS) is 1. The third kappa shape index (κ3) is 33.6. The van der Waals surface area contributed by atoms with Gasteiger partial charge in [-0.25, -0.2) is 4.57 Å². The Hall–Kier alpha value is -1.52. The molecule has 50 heavy (non-hydrogen) atoms. The Kier molecular flexibility index (Phi) is 33.5. The monoisotopic (exact) mass is 736 g/mol. The Labute approximate surface area is 304 Å². The second-order valence-corrected chi connectivity index (χ2v) is 15.2. The van der Waals surface area contributed by atoms with Crippen LogP contribution in [0.3, 0.4) is 0 Å². The third-order valence-electron chi connectivity index (χ3n) is 8.86. The number of ether oxygens (including phenoxy) is 2. The minimum atomic E-state index is -4.70. The predicted octanol–water partition coefficient (Wildman–Crippen LogP) is 9.95. The van der Waals surface area contributed by atoms with Crippen molar-refractivity contribution in [2.75, 3.05) is 19.8 Å². The molecule has 0 saturated carbocycles. The topological polar surface area (TPSA) is 172 Å². The van der Waals surface area contributed by atoms with E-state index in [4.69, 9.17) is 24.8 Å². The van der Waals surface area contributed by atoms with E-state index in [0.717, 1.165) is 38.5 Å². The van der Waals surface area contributed by atoms with E-state index in [2.05, 4.69) is 18.4 Å². The Balaban J connectivity index is 4.32. The van der Waals surface area contributed by atoms with Crippen LogP contribution in [0, 0.1) is 0 Å². The van der Waals surface area contributed by atoms with Gasteiger partial charge in [-0.15, -0.1) is 0 Å². The van der Waals surface area contributed by atoms with Gasteiger partial charge in [-0.2, -0.15) is 0 Å². The fourth-order valence-electron chi connectivity index (χ4n) is 5.65. The van der Waals surface area contributed by atoms with Gasteiger partial charge in [0.05, 0.1) is 13.2 Å². The number of carbonyl (C=O) groups excluding carboxylic acids is 2. The molecule has 0 aliphatic carbocycles. The molecule has 0 aromatic rings. The number of unbranched alkanes of at least 4 members (excludes halogenated alkanes) is 24. The number of aliphatic carboxylic acids is 1. The standard InChI is InChI=1S/C38H74NO10P/c1-3-5-7-9-11-13-14-15-16-17-18-19-20-22-24-26-28-30-37(41)49-34(32-47-50(44,45)48-33-35(39)38(42)43)31-46-36(40)29-27-25-23-21-12-10-8-6-4-2/h34-35H,3-33,39H2,1-2H3,(H,42,43)(H,44,45). The van der Waals surface area contributed by atoms with E-state index in [9.17, 15) is 23.8 Å². The van der Waals surface area contributed by atoms with Gasteiger partial charge >= 0.3 is 25.7 Å². The molecule has 11 nitrogen and oxygen atoms in total. The van der Waals surface area contributed by atoms with Gasteiger partial charge in [0.25, 0.3) is 0 Å². The maximum Gasteiger partial charge on any atom is 0.472 e. The predicted molar refractivity (Wildman–Crippen MR) is 199 cm³/mol. The van der Waals surface area contributed by atoms with E-state index in [1.807, 2.05) is 0 Å². The van der Waals surface area contributed by atoms with E-state index in [1.54, 1.807) is 0 Å². The van der Waals surface area contributed by atoms with Crippen molar-refractivity contribution in [3.63, 3.8) is 0 Å². The fourth-order valence-corrected chi connectivity index (χ4v) is 6.43. The van der Waals surface area contributed by atoms with Gasteiger partial charge in [-0.05, 0) is 12.8 Å². The van der Waals surface area contributed by atoms with Crippen LogP contribution in [0.15, 0.2) is 0 Å². The highest BCUT2D eigenvalue weighted by Gasteiger charge is 2.28. The second-order valence-electron chi connectivity index (χ2n) is 13.8. The van der Waals surface area contributed by atoms with Crippen LogP contribution >= 0.6 is 7.82 Å². The number of rotatable bonds is 38. The molecule has 0 spiro atoms. The molecule has 0 aromatic heterocycles. The highest BCUT2D eigenvalue weighted by Crippen LogP contribution is 2.43. The zero-order valence-corrected chi connectivity index (χ0v) is 32.7. The number of carboxylic acids is 1. The first kappa shape index (κ1) is 48.5. The summed E-state index contributed by atoms with van der Waals surface area (Å²) in [5.74, 6) is -2.37. The Morgan fingerprint density at radius 3 is 1.26 bits per heavy atom. The Bertz CT molecular complexity index is 875. The molecule has 0 fully saturated rings. The number of phosphoric acid groups is 1. The van der Waals surface area contributed by atoms with Crippen LogP contribution in [0.4, 0.5) is 0 Å². The summed E-state index contributed by atoms with van der Waals surface area (Å²) in [7, 11) is -4.70. The number of esters is 2. The van der Waals surface area contributed by atoms with Gasteiger partial charge in [0.15, 0.2) is 6.10 Å². The first-order valence-electron chi connectivity index (χ1n) is 20.1. The molecule has 3 atom stereocenters. The summed E-state index contributed by atoms with van der Waals surface area (Å²) in [6, 6.07) is -1.51. The van der Waals surface area contributed by atoms with Crippen molar-refractivity contribution in [1.82, 2.24) is 0 Å². The molecular weight excluding hydrogens is 661 g/mol. The first-order chi connectivity index (χ1) is 24.1. The maximum absolute atomic E-state index is 12.6. The van der Waals surface area contributed by atoms with E-state index in [0.29, 0.717) is 12.8 Å². The molecular formula is C38H74NO10P. The van der Waals surface area contributed by atoms with Crippen LogP contribution in [0.2, 0.25) is 0 Å². The number of carbonyl (C=O) groups is 3. The normalized spacial score (nSPS) is 13.8. The lowest BCUT2D eigenvalue weighted by molar-refractivity contribution is -0.161. The summed E-state index contributed by atoms with van der Waals surface area (Å²) in [5.41, 5.74) is 5.31. The number of hydrogen-bond donors (Lipinski definition) is 3. The Morgan fingerprint density at radius 1 is 0.540 bits per heavy atom. The van der Waals surface area contributed by atoms with Crippen molar-refractivity contribution < 1.29 is 47.5 Å². The zero-order chi connectivity index (χ0) is 37.1. The van der Waals surface area contributed by atoms with Crippen LogP contribution in [0.5, 0.6) is 0 Å². The second kappa shape index (κ2) is 34.6. The summed E-state index contributed by atoms with van der Waals surface area (Å²) >= 11 is 0. The minimum Gasteiger partial charge on any atom is -0.480 e. The highest BCUT2D eigenvalue weighted by atomic mass is 31.2. The average molecular weight is 736 g/mol. The van der Waals surface area contributed by atoms with Gasteiger partial charge in [-0.1, -0.05) is 168 Å². The lowest BCUT2D eigenvalue weighted by atomic mass is 10.0. The molecule has 0 heterocycles. The van der Waals surface area contributed by atoms with Crippen molar-refractivity contribution in [2.24, 2.45) is 5.73 Å². The molecule has 0 saturated heterocycles. The van der Waals surface area contributed by atoms with E-state index in [1.165, 1.54) is 116 Å². The molecule has 0 bridgehead atoms. The summed E-state index contributed by atoms with van der Waals surface area (Å²) in [5, 5.41) is 8.85. The number of phosphoric ester groups is 1. The van der Waals surface area contributed by atoms with E-state index in [-0.39, 0.29) is 19.4 Å². The van der Waals surface area contributed by atoms with Crippen LogP contribution in [-0.2, 0) is 37.5 Å². The highest BCUT2D eigenvalue weighted by molar-refractivity contribution is 7.47. The summed E-state index contributed by atoms with van der Waals surface area (Å²) in [4.78, 5) is 45.7. The van der Waals surface area contributed by atoms with Crippen molar-refractivity contribution in [3.8, 4) is 0 Å². The SMILES string of the molecule is CCCCCCCCCCCCCCCCCCCC(=O)OC(COC(=O)CCCCCCCCCCC)COP(=O)(O)OCC(N)C(=O)O. The molecule has 0 aliphatic rings. The maximum atomic E-state index is 12.6. The van der Waals surface area contributed by atoms with Gasteiger partial charge in [0.2, 0.25) is 0 Å². The van der Waals surface area contributed by atoms with Crippen molar-refractivity contribution in [1.29, 1.82) is 0 Å². The van der Waals surface area contributed by atoms with Crippen molar-refractivity contribution in [2.45, 2.75) is 206 Å². The summed E-state index contributed by atoms with van der Waals surface area (Å²) in [6.45, 7) is 2.79. The molecule has 3 unspecified atom stereocenters. The lowest BCUT2D eigenvalue weighted by Gasteiger charge is -2.20. The van der Waals surface area contributed by atoms with Gasteiger partial charge in [-0.3, -0.25) is 23.4 Å². The molecule has 4 N–H and O–H groups in total. The van der Waals surface area contributed by atoms with Crippen LogP contribution in [0.1, 0.15) is 194 Å². The van der Waals surface area contributed by atoms with Gasteiger partial charge < -0.3 is 25.2 Å². The molecule has 0 aromatic carbocycles. The van der Waals surface area contributed by atoms with Gasteiger partial charge in [0, 0.05) is 12.8 Å². The van der Waals surface area contributed by atoms with Crippen LogP contribution in [-0.4, -0.2) is 59.9 Å². The fraction of sp³-hybridized carbons (Fsp3) is 0.921. The van der Waals surface area contributed by atoms with Crippen molar-refractivity contribution >= 4 is 25.7 Å². The van der Waals surface area contributed by atoms with Crippen molar-refractivity contribution in [3.05, 3.63) is 0 Å². The quantitative estimate of drug-likeness (QED) is 0.0313. The van der Waals surface area contributed by atoms with Crippen LogP contribution in [0.25, 0.3) is 0 Å². The Morgan fingerprint density at radius 2 is 0.880 bits per heavy atom. The average Bonchev–Trinajstić information content (AvgIpc) is 3.09. The molecule has 0 radical (unpaired) electrons. The van der Waals surface area contributed by atoms with Crippen LogP contribution < -0.4 is 5.73 Å². The number of nitrogens with two attached hydrogens (primary N) is 1.